The second-order valence-electron chi connectivity index (χ2n) is 5.24. The third-order valence-electron chi connectivity index (χ3n) is 2.84. The smallest absolute Gasteiger partial charge is 0.239 e. The van der Waals surface area contributed by atoms with Gasteiger partial charge in [-0.15, -0.1) is 0 Å². The first-order chi connectivity index (χ1) is 8.93. The molecule has 0 saturated carbocycles. The van der Waals surface area contributed by atoms with Gasteiger partial charge in [0, 0.05) is 25.3 Å². The van der Waals surface area contributed by atoms with Gasteiger partial charge in [-0.1, -0.05) is 17.7 Å². The van der Waals surface area contributed by atoms with E-state index in [-0.39, 0.29) is 11.9 Å². The standard InChI is InChI=1S/C15H25N3O/c1-11(2)17-15(19)10-18(5)14-7-6-12(3)8-13(14)9-16-4/h6-8,11,16H,9-10H2,1-5H3,(H,17,19). The third kappa shape index (κ3) is 4.91. The van der Waals surface area contributed by atoms with Crippen molar-refractivity contribution in [2.75, 3.05) is 25.5 Å². The molecule has 2 N–H and O–H groups in total. The first kappa shape index (κ1) is 15.5. The molecule has 0 atom stereocenters. The summed E-state index contributed by atoms with van der Waals surface area (Å²) in [7, 11) is 3.88. The minimum Gasteiger partial charge on any atom is -0.365 e. The van der Waals surface area contributed by atoms with E-state index in [1.165, 1.54) is 11.1 Å². The van der Waals surface area contributed by atoms with Crippen molar-refractivity contribution in [3.63, 3.8) is 0 Å². The van der Waals surface area contributed by atoms with Gasteiger partial charge >= 0.3 is 0 Å². The second kappa shape index (κ2) is 7.14. The first-order valence-corrected chi connectivity index (χ1v) is 6.68. The largest absolute Gasteiger partial charge is 0.365 e. The summed E-state index contributed by atoms with van der Waals surface area (Å²) in [6.07, 6.45) is 0. The molecular weight excluding hydrogens is 238 g/mol. The molecule has 0 aromatic heterocycles. The number of rotatable bonds is 6. The number of amides is 1. The Balaban J connectivity index is 2.80. The summed E-state index contributed by atoms with van der Waals surface area (Å²) in [5, 5.41) is 6.07. The fourth-order valence-electron chi connectivity index (χ4n) is 2.09. The Kier molecular flexibility index (Phi) is 5.83. The number of aryl methyl sites for hydroxylation is 1. The molecule has 0 radical (unpaired) electrons. The summed E-state index contributed by atoms with van der Waals surface area (Å²) in [6, 6.07) is 6.48. The lowest BCUT2D eigenvalue weighted by molar-refractivity contribution is -0.120. The second-order valence-corrected chi connectivity index (χ2v) is 5.24. The van der Waals surface area contributed by atoms with Gasteiger partial charge in [-0.3, -0.25) is 4.79 Å². The van der Waals surface area contributed by atoms with Crippen LogP contribution in [0.2, 0.25) is 0 Å². The van der Waals surface area contributed by atoms with E-state index < -0.39 is 0 Å². The number of carbonyl (C=O) groups is 1. The van der Waals surface area contributed by atoms with Crippen molar-refractivity contribution < 1.29 is 4.79 Å². The lowest BCUT2D eigenvalue weighted by atomic mass is 10.1. The maximum Gasteiger partial charge on any atom is 0.239 e. The summed E-state index contributed by atoms with van der Waals surface area (Å²) in [6.45, 7) is 7.19. The molecule has 0 saturated heterocycles. The molecule has 0 fully saturated rings. The average Bonchev–Trinajstić information content (AvgIpc) is 2.27. The van der Waals surface area contributed by atoms with Crippen LogP contribution < -0.4 is 15.5 Å². The molecule has 106 valence electrons. The molecule has 4 heteroatoms. The monoisotopic (exact) mass is 263 g/mol. The minimum absolute atomic E-state index is 0.0495. The van der Waals surface area contributed by atoms with E-state index in [2.05, 4.69) is 35.8 Å². The number of hydrogen-bond acceptors (Lipinski definition) is 3. The zero-order valence-electron chi connectivity index (χ0n) is 12.6. The summed E-state index contributed by atoms with van der Waals surface area (Å²) in [5.74, 6) is 0.0495. The molecular formula is C15H25N3O. The molecule has 1 aromatic carbocycles. The van der Waals surface area contributed by atoms with Gasteiger partial charge in [0.2, 0.25) is 5.91 Å². The van der Waals surface area contributed by atoms with E-state index in [4.69, 9.17) is 0 Å². The highest BCUT2D eigenvalue weighted by Crippen LogP contribution is 2.20. The molecule has 1 amide bonds. The van der Waals surface area contributed by atoms with Crippen LogP contribution in [-0.2, 0) is 11.3 Å². The predicted molar refractivity (Wildman–Crippen MR) is 80.5 cm³/mol. The Hall–Kier alpha value is -1.55. The van der Waals surface area contributed by atoms with Crippen LogP contribution in [0.15, 0.2) is 18.2 Å². The SMILES string of the molecule is CNCc1cc(C)ccc1N(C)CC(=O)NC(C)C. The minimum atomic E-state index is 0.0495. The molecule has 0 aliphatic rings. The number of benzene rings is 1. The van der Waals surface area contributed by atoms with Crippen LogP contribution in [0.3, 0.4) is 0 Å². The maximum atomic E-state index is 11.8. The Morgan fingerprint density at radius 2 is 2.05 bits per heavy atom. The van der Waals surface area contributed by atoms with Gasteiger partial charge in [-0.25, -0.2) is 0 Å². The van der Waals surface area contributed by atoms with Crippen LogP contribution in [0.1, 0.15) is 25.0 Å². The van der Waals surface area contributed by atoms with Crippen molar-refractivity contribution in [3.05, 3.63) is 29.3 Å². The number of carbonyl (C=O) groups excluding carboxylic acids is 1. The van der Waals surface area contributed by atoms with Crippen molar-refractivity contribution in [1.82, 2.24) is 10.6 Å². The van der Waals surface area contributed by atoms with Gasteiger partial charge < -0.3 is 15.5 Å². The van der Waals surface area contributed by atoms with Gasteiger partial charge in [0.1, 0.15) is 0 Å². The van der Waals surface area contributed by atoms with Gasteiger partial charge in [-0.05, 0) is 39.4 Å². The van der Waals surface area contributed by atoms with E-state index in [0.29, 0.717) is 6.54 Å². The average molecular weight is 263 g/mol. The number of likely N-dealkylation sites (N-methyl/N-ethyl adjacent to an activating group) is 1. The highest BCUT2D eigenvalue weighted by Gasteiger charge is 2.11. The number of anilines is 1. The van der Waals surface area contributed by atoms with E-state index in [1.54, 1.807) is 0 Å². The normalized spacial score (nSPS) is 10.6. The maximum absolute atomic E-state index is 11.8. The first-order valence-electron chi connectivity index (χ1n) is 6.68. The van der Waals surface area contributed by atoms with E-state index in [0.717, 1.165) is 12.2 Å². The van der Waals surface area contributed by atoms with E-state index in [9.17, 15) is 4.79 Å². The van der Waals surface area contributed by atoms with Crippen LogP contribution in [0.5, 0.6) is 0 Å². The molecule has 0 heterocycles. The molecule has 0 bridgehead atoms. The Bertz CT molecular complexity index is 429. The summed E-state index contributed by atoms with van der Waals surface area (Å²) >= 11 is 0. The lowest BCUT2D eigenvalue weighted by Crippen LogP contribution is -2.39. The van der Waals surface area contributed by atoms with Gasteiger partial charge in [0.25, 0.3) is 0 Å². The van der Waals surface area contributed by atoms with Crippen molar-refractivity contribution in [1.29, 1.82) is 0 Å². The highest BCUT2D eigenvalue weighted by molar-refractivity contribution is 5.81. The fourth-order valence-corrected chi connectivity index (χ4v) is 2.09. The Morgan fingerprint density at radius 3 is 2.63 bits per heavy atom. The summed E-state index contributed by atoms with van der Waals surface area (Å²) in [4.78, 5) is 13.8. The lowest BCUT2D eigenvalue weighted by Gasteiger charge is -2.23. The van der Waals surface area contributed by atoms with Gasteiger partial charge in [0.15, 0.2) is 0 Å². The Labute approximate surface area is 116 Å². The van der Waals surface area contributed by atoms with Crippen LogP contribution in [0.25, 0.3) is 0 Å². The number of hydrogen-bond donors (Lipinski definition) is 2. The molecule has 0 unspecified atom stereocenters. The van der Waals surface area contributed by atoms with Crippen LogP contribution in [0, 0.1) is 6.92 Å². The van der Waals surface area contributed by atoms with Gasteiger partial charge in [-0.2, -0.15) is 0 Å². The molecule has 1 aromatic rings. The molecule has 1 rings (SSSR count). The van der Waals surface area contributed by atoms with Crippen LogP contribution >= 0.6 is 0 Å². The molecule has 0 aliphatic carbocycles. The van der Waals surface area contributed by atoms with Crippen LogP contribution in [0.4, 0.5) is 5.69 Å². The zero-order valence-corrected chi connectivity index (χ0v) is 12.6. The molecule has 19 heavy (non-hydrogen) atoms. The van der Waals surface area contributed by atoms with Crippen molar-refractivity contribution in [2.24, 2.45) is 0 Å². The topological polar surface area (TPSA) is 44.4 Å². The molecule has 0 aliphatic heterocycles. The van der Waals surface area contributed by atoms with Crippen molar-refractivity contribution >= 4 is 11.6 Å². The fraction of sp³-hybridized carbons (Fsp3) is 0.533. The Morgan fingerprint density at radius 1 is 1.37 bits per heavy atom. The summed E-state index contributed by atoms with van der Waals surface area (Å²) < 4.78 is 0. The van der Waals surface area contributed by atoms with Crippen molar-refractivity contribution in [2.45, 2.75) is 33.4 Å². The molecule has 4 nitrogen and oxygen atoms in total. The number of nitrogens with one attached hydrogen (secondary N) is 2. The summed E-state index contributed by atoms with van der Waals surface area (Å²) in [5.41, 5.74) is 3.54. The predicted octanol–water partition coefficient (Wildman–Crippen LogP) is 1.68. The zero-order chi connectivity index (χ0) is 14.4. The molecule has 0 spiro atoms. The third-order valence-corrected chi connectivity index (χ3v) is 2.84. The quantitative estimate of drug-likeness (QED) is 0.820. The van der Waals surface area contributed by atoms with Crippen molar-refractivity contribution in [3.8, 4) is 0 Å². The van der Waals surface area contributed by atoms with Gasteiger partial charge in [0.05, 0.1) is 6.54 Å². The number of nitrogens with zero attached hydrogens (tertiary/aromatic N) is 1. The highest BCUT2D eigenvalue weighted by atomic mass is 16.2. The van der Waals surface area contributed by atoms with Crippen LogP contribution in [-0.4, -0.2) is 32.6 Å². The van der Waals surface area contributed by atoms with E-state index >= 15 is 0 Å². The van der Waals surface area contributed by atoms with E-state index in [1.807, 2.05) is 32.8 Å².